The van der Waals surface area contributed by atoms with Crippen LogP contribution in [0.25, 0.3) is 0 Å². The van der Waals surface area contributed by atoms with Gasteiger partial charge in [-0.1, -0.05) is 13.3 Å². The van der Waals surface area contributed by atoms with E-state index in [1.807, 2.05) is 6.92 Å². The summed E-state index contributed by atoms with van der Waals surface area (Å²) in [7, 11) is 0. The molecule has 0 saturated heterocycles. The van der Waals surface area contributed by atoms with Crippen LogP contribution < -0.4 is 0 Å². The highest BCUT2D eigenvalue weighted by Gasteiger charge is 2.12. The Morgan fingerprint density at radius 1 is 1.73 bits per heavy atom. The number of carbonyl (C=O) groups is 1. The third-order valence-electron chi connectivity index (χ3n) is 2.46. The predicted molar refractivity (Wildman–Crippen MR) is 55.4 cm³/mol. The van der Waals surface area contributed by atoms with Crippen LogP contribution in [0.3, 0.4) is 0 Å². The van der Waals surface area contributed by atoms with E-state index in [-0.39, 0.29) is 11.6 Å². The Morgan fingerprint density at radius 2 is 2.47 bits per heavy atom. The van der Waals surface area contributed by atoms with Gasteiger partial charge < -0.3 is 9.67 Å². The van der Waals surface area contributed by atoms with Crippen molar-refractivity contribution in [1.29, 1.82) is 5.26 Å². The highest BCUT2D eigenvalue weighted by Crippen LogP contribution is 2.13. The standard InChI is InChI=1S/C11H14N2O2/c1-2-9(5-6-12)8-13-7-3-4-10(13)11(14)15/h3-4,7,9H,2,5,8H2,1H3,(H,14,15). The van der Waals surface area contributed by atoms with Gasteiger partial charge in [0.15, 0.2) is 0 Å². The van der Waals surface area contributed by atoms with Crippen molar-refractivity contribution in [2.24, 2.45) is 5.92 Å². The van der Waals surface area contributed by atoms with Gasteiger partial charge in [0.25, 0.3) is 0 Å². The molecule has 1 N–H and O–H groups in total. The second-order valence-corrected chi connectivity index (χ2v) is 3.49. The summed E-state index contributed by atoms with van der Waals surface area (Å²) in [5.74, 6) is -0.702. The molecule has 0 bridgehead atoms. The normalized spacial score (nSPS) is 12.0. The van der Waals surface area contributed by atoms with Crippen molar-refractivity contribution in [3.05, 3.63) is 24.0 Å². The fourth-order valence-corrected chi connectivity index (χ4v) is 1.51. The zero-order valence-electron chi connectivity index (χ0n) is 8.68. The third-order valence-corrected chi connectivity index (χ3v) is 2.46. The molecule has 0 fully saturated rings. The number of hydrogen-bond acceptors (Lipinski definition) is 2. The molecule has 1 heterocycles. The molecule has 4 heteroatoms. The van der Waals surface area contributed by atoms with Crippen LogP contribution in [0.1, 0.15) is 30.3 Å². The van der Waals surface area contributed by atoms with Gasteiger partial charge in [0.05, 0.1) is 6.07 Å². The number of carboxylic acid groups (broad SMARTS) is 1. The Balaban J connectivity index is 2.75. The highest BCUT2D eigenvalue weighted by molar-refractivity contribution is 5.85. The summed E-state index contributed by atoms with van der Waals surface area (Å²) in [6.07, 6.45) is 3.09. The molecule has 1 atom stereocenters. The van der Waals surface area contributed by atoms with Gasteiger partial charge in [0.2, 0.25) is 0 Å². The van der Waals surface area contributed by atoms with E-state index in [2.05, 4.69) is 6.07 Å². The van der Waals surface area contributed by atoms with Crippen LogP contribution in [0.5, 0.6) is 0 Å². The zero-order valence-corrected chi connectivity index (χ0v) is 8.68. The van der Waals surface area contributed by atoms with Gasteiger partial charge in [-0.05, 0) is 18.1 Å². The summed E-state index contributed by atoms with van der Waals surface area (Å²) >= 11 is 0. The molecule has 1 unspecified atom stereocenters. The SMILES string of the molecule is CCC(CC#N)Cn1cccc1C(=O)O. The van der Waals surface area contributed by atoms with Crippen molar-refractivity contribution < 1.29 is 9.90 Å². The largest absolute Gasteiger partial charge is 0.477 e. The lowest BCUT2D eigenvalue weighted by Gasteiger charge is -2.13. The molecule has 1 aromatic rings. The van der Waals surface area contributed by atoms with Crippen LogP contribution in [-0.2, 0) is 6.54 Å². The molecule has 1 aromatic heterocycles. The molecule has 1 rings (SSSR count). The first-order valence-electron chi connectivity index (χ1n) is 4.94. The molecule has 0 radical (unpaired) electrons. The smallest absolute Gasteiger partial charge is 0.352 e. The van der Waals surface area contributed by atoms with Crippen molar-refractivity contribution in [2.45, 2.75) is 26.3 Å². The molecule has 0 aliphatic heterocycles. The topological polar surface area (TPSA) is 66.0 Å². The maximum Gasteiger partial charge on any atom is 0.352 e. The molecule has 15 heavy (non-hydrogen) atoms. The van der Waals surface area contributed by atoms with Crippen LogP contribution in [-0.4, -0.2) is 15.6 Å². The van der Waals surface area contributed by atoms with E-state index in [4.69, 9.17) is 10.4 Å². The fourth-order valence-electron chi connectivity index (χ4n) is 1.51. The van der Waals surface area contributed by atoms with Crippen molar-refractivity contribution >= 4 is 5.97 Å². The first-order valence-corrected chi connectivity index (χ1v) is 4.94. The zero-order chi connectivity index (χ0) is 11.3. The van der Waals surface area contributed by atoms with Crippen LogP contribution in [0.2, 0.25) is 0 Å². The molecule has 0 saturated carbocycles. The quantitative estimate of drug-likeness (QED) is 0.802. The monoisotopic (exact) mass is 206 g/mol. The summed E-state index contributed by atoms with van der Waals surface area (Å²) in [5.41, 5.74) is 0.284. The lowest BCUT2D eigenvalue weighted by molar-refractivity contribution is 0.0684. The number of aromatic carboxylic acids is 1. The number of hydrogen-bond donors (Lipinski definition) is 1. The van der Waals surface area contributed by atoms with E-state index in [1.54, 1.807) is 22.9 Å². The third kappa shape index (κ3) is 2.84. The van der Waals surface area contributed by atoms with Crippen LogP contribution >= 0.6 is 0 Å². The van der Waals surface area contributed by atoms with Gasteiger partial charge in [-0.15, -0.1) is 0 Å². The molecule has 0 spiro atoms. The molecule has 0 aliphatic carbocycles. The Labute approximate surface area is 88.8 Å². The van der Waals surface area contributed by atoms with E-state index in [9.17, 15) is 4.79 Å². The van der Waals surface area contributed by atoms with Crippen LogP contribution in [0, 0.1) is 17.2 Å². The van der Waals surface area contributed by atoms with Gasteiger partial charge in [-0.3, -0.25) is 0 Å². The Kier molecular flexibility index (Phi) is 3.92. The molecule has 0 amide bonds. The van der Waals surface area contributed by atoms with Crippen molar-refractivity contribution in [2.75, 3.05) is 0 Å². The van der Waals surface area contributed by atoms with Crippen molar-refractivity contribution in [3.63, 3.8) is 0 Å². The molecule has 0 aliphatic rings. The van der Waals surface area contributed by atoms with Crippen molar-refractivity contribution in [1.82, 2.24) is 4.57 Å². The predicted octanol–water partition coefficient (Wildman–Crippen LogP) is 2.13. The number of nitriles is 1. The molecular formula is C11H14N2O2. The molecule has 80 valence electrons. The molecular weight excluding hydrogens is 192 g/mol. The Morgan fingerprint density at radius 3 is 3.00 bits per heavy atom. The number of aromatic nitrogens is 1. The lowest BCUT2D eigenvalue weighted by atomic mass is 10.0. The summed E-state index contributed by atoms with van der Waals surface area (Å²) in [4.78, 5) is 10.8. The summed E-state index contributed by atoms with van der Waals surface area (Å²) in [5, 5.41) is 17.5. The van der Waals surface area contributed by atoms with E-state index >= 15 is 0 Å². The number of nitrogens with zero attached hydrogens (tertiary/aromatic N) is 2. The first kappa shape index (κ1) is 11.3. The molecule has 0 aromatic carbocycles. The lowest BCUT2D eigenvalue weighted by Crippen LogP contribution is -2.14. The average molecular weight is 206 g/mol. The number of carboxylic acids is 1. The fraction of sp³-hybridized carbons (Fsp3) is 0.455. The summed E-state index contributed by atoms with van der Waals surface area (Å²) < 4.78 is 1.69. The maximum absolute atomic E-state index is 10.8. The summed E-state index contributed by atoms with van der Waals surface area (Å²) in [6.45, 7) is 2.60. The minimum atomic E-state index is -0.924. The van der Waals surface area contributed by atoms with Gasteiger partial charge >= 0.3 is 5.97 Å². The Bertz CT molecular complexity index is 376. The molecule has 4 nitrogen and oxygen atoms in total. The summed E-state index contributed by atoms with van der Waals surface area (Å²) in [6, 6.07) is 5.40. The highest BCUT2D eigenvalue weighted by atomic mass is 16.4. The van der Waals surface area contributed by atoms with Crippen LogP contribution in [0.15, 0.2) is 18.3 Å². The average Bonchev–Trinajstić information content (AvgIpc) is 2.65. The maximum atomic E-state index is 10.8. The van der Waals surface area contributed by atoms with Crippen LogP contribution in [0.4, 0.5) is 0 Å². The van der Waals surface area contributed by atoms with Crippen molar-refractivity contribution in [3.8, 4) is 6.07 Å². The minimum Gasteiger partial charge on any atom is -0.477 e. The van der Waals surface area contributed by atoms with Gasteiger partial charge in [-0.2, -0.15) is 5.26 Å². The van der Waals surface area contributed by atoms with Gasteiger partial charge in [0.1, 0.15) is 5.69 Å². The van der Waals surface area contributed by atoms with Gasteiger partial charge in [-0.25, -0.2) is 4.79 Å². The van der Waals surface area contributed by atoms with E-state index in [0.717, 1.165) is 6.42 Å². The Hall–Kier alpha value is -1.76. The van der Waals surface area contributed by atoms with Gasteiger partial charge in [0, 0.05) is 19.2 Å². The minimum absolute atomic E-state index is 0.223. The second kappa shape index (κ2) is 5.20. The van der Waals surface area contributed by atoms with E-state index in [0.29, 0.717) is 13.0 Å². The first-order chi connectivity index (χ1) is 7.19. The number of rotatable bonds is 5. The second-order valence-electron chi connectivity index (χ2n) is 3.49. The van der Waals surface area contributed by atoms with E-state index in [1.165, 1.54) is 0 Å². The van der Waals surface area contributed by atoms with E-state index < -0.39 is 5.97 Å².